The van der Waals surface area contributed by atoms with E-state index in [0.29, 0.717) is 11.4 Å². The van der Waals surface area contributed by atoms with E-state index in [4.69, 9.17) is 4.42 Å². The number of furan rings is 1. The number of aryl methyl sites for hydroxylation is 1. The SMILES string of the molecule is CC(C(=O)Nc1cn(C)nc1C(=O)NCc1ccco1)n1cc(Br)cn1. The minimum absolute atomic E-state index is 0.126. The van der Waals surface area contributed by atoms with Gasteiger partial charge in [0.15, 0.2) is 5.69 Å². The zero-order valence-corrected chi connectivity index (χ0v) is 15.7. The van der Waals surface area contributed by atoms with Crippen molar-refractivity contribution in [3.05, 3.63) is 52.9 Å². The van der Waals surface area contributed by atoms with E-state index in [9.17, 15) is 9.59 Å². The van der Waals surface area contributed by atoms with Crippen LogP contribution in [0.3, 0.4) is 0 Å². The first-order valence-corrected chi connectivity index (χ1v) is 8.58. The summed E-state index contributed by atoms with van der Waals surface area (Å²) in [5.74, 6) is -0.0989. The van der Waals surface area contributed by atoms with Crippen molar-refractivity contribution >= 4 is 33.4 Å². The van der Waals surface area contributed by atoms with E-state index in [0.717, 1.165) is 4.47 Å². The van der Waals surface area contributed by atoms with Crippen LogP contribution in [-0.2, 0) is 18.4 Å². The number of carbonyl (C=O) groups excluding carboxylic acids is 2. The van der Waals surface area contributed by atoms with Gasteiger partial charge in [-0.25, -0.2) is 0 Å². The first-order valence-electron chi connectivity index (χ1n) is 7.79. The number of nitrogens with one attached hydrogen (secondary N) is 2. The number of carbonyl (C=O) groups is 2. The topological polar surface area (TPSA) is 107 Å². The summed E-state index contributed by atoms with van der Waals surface area (Å²) in [6.45, 7) is 1.94. The summed E-state index contributed by atoms with van der Waals surface area (Å²) >= 11 is 3.30. The molecule has 3 rings (SSSR count). The fourth-order valence-electron chi connectivity index (χ4n) is 2.30. The molecule has 0 spiro atoms. The van der Waals surface area contributed by atoms with Gasteiger partial charge in [0.25, 0.3) is 5.91 Å². The molecule has 0 fully saturated rings. The number of halogens is 1. The van der Waals surface area contributed by atoms with Crippen molar-refractivity contribution in [2.45, 2.75) is 19.5 Å². The highest BCUT2D eigenvalue weighted by atomic mass is 79.9. The van der Waals surface area contributed by atoms with Crippen molar-refractivity contribution < 1.29 is 14.0 Å². The molecular formula is C16H17BrN6O3. The Morgan fingerprint density at radius 3 is 2.85 bits per heavy atom. The zero-order valence-electron chi connectivity index (χ0n) is 14.1. The molecule has 0 aliphatic carbocycles. The third-order valence-corrected chi connectivity index (χ3v) is 4.06. The van der Waals surface area contributed by atoms with Crippen LogP contribution in [0, 0.1) is 0 Å². The second kappa shape index (κ2) is 7.56. The van der Waals surface area contributed by atoms with Gasteiger partial charge in [0, 0.05) is 19.4 Å². The molecule has 1 unspecified atom stereocenters. The molecular weight excluding hydrogens is 404 g/mol. The first kappa shape index (κ1) is 17.9. The van der Waals surface area contributed by atoms with E-state index in [1.54, 1.807) is 44.7 Å². The highest BCUT2D eigenvalue weighted by molar-refractivity contribution is 9.10. The molecule has 0 bridgehead atoms. The molecule has 0 aromatic carbocycles. The second-order valence-corrected chi connectivity index (χ2v) is 6.55. The van der Waals surface area contributed by atoms with Crippen LogP contribution in [0.4, 0.5) is 5.69 Å². The third kappa shape index (κ3) is 4.02. The van der Waals surface area contributed by atoms with E-state index in [2.05, 4.69) is 36.8 Å². The number of rotatable bonds is 6. The fraction of sp³-hybridized carbons (Fsp3) is 0.250. The molecule has 0 aliphatic rings. The summed E-state index contributed by atoms with van der Waals surface area (Å²) in [6, 6.07) is 2.94. The maximum absolute atomic E-state index is 12.5. The lowest BCUT2D eigenvalue weighted by Gasteiger charge is -2.12. The number of hydrogen-bond donors (Lipinski definition) is 2. The van der Waals surface area contributed by atoms with E-state index in [1.165, 1.54) is 15.6 Å². The summed E-state index contributed by atoms with van der Waals surface area (Å²) in [7, 11) is 1.67. The number of aromatic nitrogens is 4. The molecule has 136 valence electrons. The summed E-state index contributed by atoms with van der Waals surface area (Å²) in [5.41, 5.74) is 0.453. The molecule has 0 aliphatic heterocycles. The number of hydrogen-bond acceptors (Lipinski definition) is 5. The van der Waals surface area contributed by atoms with Gasteiger partial charge in [-0.3, -0.25) is 19.0 Å². The highest BCUT2D eigenvalue weighted by Gasteiger charge is 2.22. The number of nitrogens with zero attached hydrogens (tertiary/aromatic N) is 4. The average Bonchev–Trinajstić information content (AvgIpc) is 3.33. The van der Waals surface area contributed by atoms with Crippen molar-refractivity contribution in [1.29, 1.82) is 0 Å². The molecule has 0 radical (unpaired) electrons. The van der Waals surface area contributed by atoms with Gasteiger partial charge in [0.05, 0.1) is 29.2 Å². The van der Waals surface area contributed by atoms with Gasteiger partial charge in [-0.1, -0.05) is 0 Å². The smallest absolute Gasteiger partial charge is 0.274 e. The van der Waals surface area contributed by atoms with Crippen LogP contribution in [0.25, 0.3) is 0 Å². The van der Waals surface area contributed by atoms with Gasteiger partial charge in [0.1, 0.15) is 11.8 Å². The van der Waals surface area contributed by atoms with Crippen LogP contribution in [0.1, 0.15) is 29.2 Å². The monoisotopic (exact) mass is 420 g/mol. The maximum atomic E-state index is 12.5. The largest absolute Gasteiger partial charge is 0.467 e. The predicted molar refractivity (Wildman–Crippen MR) is 96.4 cm³/mol. The first-order chi connectivity index (χ1) is 12.4. The number of amides is 2. The van der Waals surface area contributed by atoms with E-state index in [1.807, 2.05) is 0 Å². The van der Waals surface area contributed by atoms with Gasteiger partial charge >= 0.3 is 0 Å². The van der Waals surface area contributed by atoms with E-state index < -0.39 is 11.9 Å². The van der Waals surface area contributed by atoms with Gasteiger partial charge in [-0.05, 0) is 35.0 Å². The van der Waals surface area contributed by atoms with Crippen molar-refractivity contribution in [1.82, 2.24) is 24.9 Å². The van der Waals surface area contributed by atoms with Gasteiger partial charge in [-0.2, -0.15) is 10.2 Å². The van der Waals surface area contributed by atoms with Crippen LogP contribution in [0.5, 0.6) is 0 Å². The Hall–Kier alpha value is -2.88. The van der Waals surface area contributed by atoms with Crippen molar-refractivity contribution in [3.63, 3.8) is 0 Å². The lowest BCUT2D eigenvalue weighted by Crippen LogP contribution is -2.27. The van der Waals surface area contributed by atoms with Crippen LogP contribution in [-0.4, -0.2) is 31.4 Å². The van der Waals surface area contributed by atoms with Gasteiger partial charge in [0.2, 0.25) is 5.91 Å². The lowest BCUT2D eigenvalue weighted by atomic mass is 10.3. The maximum Gasteiger partial charge on any atom is 0.274 e. The van der Waals surface area contributed by atoms with E-state index in [-0.39, 0.29) is 18.1 Å². The molecule has 9 nitrogen and oxygen atoms in total. The molecule has 0 saturated carbocycles. The quantitative estimate of drug-likeness (QED) is 0.634. The number of anilines is 1. The summed E-state index contributed by atoms with van der Waals surface area (Å²) < 4.78 is 8.94. The molecule has 26 heavy (non-hydrogen) atoms. The normalized spacial score (nSPS) is 12.0. The highest BCUT2D eigenvalue weighted by Crippen LogP contribution is 2.17. The lowest BCUT2D eigenvalue weighted by molar-refractivity contribution is -0.119. The Balaban J connectivity index is 1.70. The Morgan fingerprint density at radius 1 is 1.38 bits per heavy atom. The summed E-state index contributed by atoms with van der Waals surface area (Å²) in [6.07, 6.45) is 6.40. The van der Waals surface area contributed by atoms with Gasteiger partial charge < -0.3 is 15.1 Å². The fourth-order valence-corrected chi connectivity index (χ4v) is 2.60. The third-order valence-electron chi connectivity index (χ3n) is 3.65. The Labute approximate surface area is 157 Å². The van der Waals surface area contributed by atoms with Crippen molar-refractivity contribution in [2.24, 2.45) is 7.05 Å². The molecule has 2 amide bonds. The van der Waals surface area contributed by atoms with Crippen LogP contribution in [0.15, 0.2) is 45.9 Å². The Kier molecular flexibility index (Phi) is 5.21. The zero-order chi connectivity index (χ0) is 18.7. The van der Waals surface area contributed by atoms with Crippen LogP contribution < -0.4 is 10.6 Å². The molecule has 0 saturated heterocycles. The van der Waals surface area contributed by atoms with Crippen molar-refractivity contribution in [3.8, 4) is 0 Å². The Bertz CT molecular complexity index is 914. The Morgan fingerprint density at radius 2 is 2.19 bits per heavy atom. The molecule has 2 N–H and O–H groups in total. The molecule has 10 heteroatoms. The standard InChI is InChI=1S/C16H17BrN6O3/c1-10(23-8-11(17)6-19-23)15(24)20-13-9-22(2)21-14(13)16(25)18-7-12-4-3-5-26-12/h3-6,8-10H,7H2,1-2H3,(H,18,25)(H,20,24). The molecule has 3 heterocycles. The van der Waals surface area contributed by atoms with Crippen LogP contribution >= 0.6 is 15.9 Å². The van der Waals surface area contributed by atoms with Gasteiger partial charge in [-0.15, -0.1) is 0 Å². The molecule has 3 aromatic rings. The average molecular weight is 421 g/mol. The minimum atomic E-state index is -0.555. The van der Waals surface area contributed by atoms with E-state index >= 15 is 0 Å². The predicted octanol–water partition coefficient (Wildman–Crippen LogP) is 2.10. The van der Waals surface area contributed by atoms with Crippen LogP contribution in [0.2, 0.25) is 0 Å². The minimum Gasteiger partial charge on any atom is -0.467 e. The van der Waals surface area contributed by atoms with Crippen molar-refractivity contribution in [2.75, 3.05) is 5.32 Å². The summed E-state index contributed by atoms with van der Waals surface area (Å²) in [4.78, 5) is 24.9. The summed E-state index contributed by atoms with van der Waals surface area (Å²) in [5, 5.41) is 13.7. The second-order valence-electron chi connectivity index (χ2n) is 5.63. The molecule has 3 aromatic heterocycles. The molecule has 1 atom stereocenters.